The van der Waals surface area contributed by atoms with Crippen molar-refractivity contribution < 1.29 is 4.74 Å². The minimum atomic E-state index is 0.416. The van der Waals surface area contributed by atoms with Gasteiger partial charge >= 0.3 is 0 Å². The summed E-state index contributed by atoms with van der Waals surface area (Å²) < 4.78 is 7.60. The summed E-state index contributed by atoms with van der Waals surface area (Å²) in [6.07, 6.45) is 5.26. The number of ether oxygens (including phenoxy) is 1. The molecule has 2 aliphatic rings. The first-order chi connectivity index (χ1) is 12.6. The molecule has 142 valence electrons. The summed E-state index contributed by atoms with van der Waals surface area (Å²) in [6, 6.07) is 0.498. The summed E-state index contributed by atoms with van der Waals surface area (Å²) in [5.74, 6) is 1.67. The number of aromatic amines is 1. The van der Waals surface area contributed by atoms with Crippen molar-refractivity contribution >= 4 is 5.82 Å². The Morgan fingerprint density at radius 1 is 1.35 bits per heavy atom. The second-order valence-electron chi connectivity index (χ2n) is 7.76. The van der Waals surface area contributed by atoms with Crippen LogP contribution in [-0.2, 0) is 31.2 Å². The van der Waals surface area contributed by atoms with Gasteiger partial charge in [0.25, 0.3) is 0 Å². The number of fused-ring (bicyclic) bond motifs is 1. The van der Waals surface area contributed by atoms with E-state index in [0.717, 1.165) is 52.1 Å². The van der Waals surface area contributed by atoms with E-state index in [1.54, 1.807) is 0 Å². The maximum absolute atomic E-state index is 5.54. The number of H-pyrrole nitrogens is 1. The second-order valence-corrected chi connectivity index (χ2v) is 7.76. The predicted octanol–water partition coefficient (Wildman–Crippen LogP) is 1.75. The van der Waals surface area contributed by atoms with Gasteiger partial charge in [-0.25, -0.2) is 0 Å². The van der Waals surface area contributed by atoms with E-state index in [1.807, 2.05) is 6.20 Å². The van der Waals surface area contributed by atoms with Gasteiger partial charge in [-0.2, -0.15) is 10.2 Å². The van der Waals surface area contributed by atoms with Crippen LogP contribution in [0, 0.1) is 0 Å². The summed E-state index contributed by atoms with van der Waals surface area (Å²) >= 11 is 0. The Kier molecular flexibility index (Phi) is 5.00. The number of morpholine rings is 1. The molecule has 26 heavy (non-hydrogen) atoms. The van der Waals surface area contributed by atoms with Gasteiger partial charge in [0.05, 0.1) is 25.1 Å². The van der Waals surface area contributed by atoms with Crippen molar-refractivity contribution in [2.24, 2.45) is 7.05 Å². The number of aryl methyl sites for hydroxylation is 2. The van der Waals surface area contributed by atoms with Crippen molar-refractivity contribution in [2.75, 3.05) is 31.2 Å². The topological polar surface area (TPSA) is 71.0 Å². The minimum absolute atomic E-state index is 0.416. The zero-order valence-electron chi connectivity index (χ0n) is 16.1. The average molecular weight is 358 g/mol. The molecular formula is C19H30N6O. The maximum Gasteiger partial charge on any atom is 0.131 e. The van der Waals surface area contributed by atoms with Crippen molar-refractivity contribution in [1.82, 2.24) is 25.3 Å². The molecule has 0 radical (unpaired) electrons. The van der Waals surface area contributed by atoms with E-state index < -0.39 is 0 Å². The molecule has 0 saturated carbocycles. The number of hydrogen-bond acceptors (Lipinski definition) is 5. The van der Waals surface area contributed by atoms with Crippen LogP contribution in [0.3, 0.4) is 0 Å². The number of nitrogens with zero attached hydrogens (tertiary/aromatic N) is 4. The van der Waals surface area contributed by atoms with Gasteiger partial charge in [0.1, 0.15) is 5.82 Å². The molecule has 0 aromatic carbocycles. The van der Waals surface area contributed by atoms with E-state index in [4.69, 9.17) is 9.84 Å². The highest BCUT2D eigenvalue weighted by atomic mass is 16.5. The fourth-order valence-electron chi connectivity index (χ4n) is 4.22. The van der Waals surface area contributed by atoms with Crippen molar-refractivity contribution in [2.45, 2.75) is 51.6 Å². The highest BCUT2D eigenvalue weighted by Crippen LogP contribution is 2.29. The molecule has 1 fully saturated rings. The molecule has 0 spiro atoms. The standard InChI is InChI=1S/C19H30N6O/c1-13(2)18-16(19(24(3)23-18)25-6-8-26-9-7-25)12-20-15-4-5-17-14(10-15)11-21-22-17/h11,13,15,20H,4-10,12H2,1-3H3,(H,21,22)/t15-/m1/s1. The van der Waals surface area contributed by atoms with Crippen LogP contribution in [0.15, 0.2) is 6.20 Å². The Bertz CT molecular complexity index is 743. The molecule has 4 rings (SSSR count). The first-order valence-electron chi connectivity index (χ1n) is 9.76. The van der Waals surface area contributed by atoms with E-state index >= 15 is 0 Å². The first-order valence-corrected chi connectivity index (χ1v) is 9.76. The van der Waals surface area contributed by atoms with Gasteiger partial charge in [-0.05, 0) is 30.7 Å². The van der Waals surface area contributed by atoms with Gasteiger partial charge in [-0.15, -0.1) is 0 Å². The molecule has 2 aromatic rings. The van der Waals surface area contributed by atoms with Crippen LogP contribution in [0.4, 0.5) is 5.82 Å². The molecule has 3 heterocycles. The monoisotopic (exact) mass is 358 g/mol. The van der Waals surface area contributed by atoms with Crippen LogP contribution < -0.4 is 10.2 Å². The van der Waals surface area contributed by atoms with E-state index in [2.05, 4.69) is 46.0 Å². The van der Waals surface area contributed by atoms with Crippen LogP contribution in [0.25, 0.3) is 0 Å². The Morgan fingerprint density at radius 2 is 2.15 bits per heavy atom. The quantitative estimate of drug-likeness (QED) is 0.852. The fourth-order valence-corrected chi connectivity index (χ4v) is 4.22. The molecule has 0 bridgehead atoms. The first kappa shape index (κ1) is 17.5. The largest absolute Gasteiger partial charge is 0.378 e. The number of rotatable bonds is 5. The normalized spacial score (nSPS) is 20.6. The molecule has 1 aliphatic carbocycles. The summed E-state index contributed by atoms with van der Waals surface area (Å²) in [6.45, 7) is 8.78. The zero-order chi connectivity index (χ0) is 18.1. The van der Waals surface area contributed by atoms with E-state index in [0.29, 0.717) is 12.0 Å². The molecular weight excluding hydrogens is 328 g/mol. The second kappa shape index (κ2) is 7.40. The molecule has 7 heteroatoms. The van der Waals surface area contributed by atoms with Crippen molar-refractivity contribution in [3.8, 4) is 0 Å². The molecule has 0 unspecified atom stereocenters. The van der Waals surface area contributed by atoms with Gasteiger partial charge in [0.2, 0.25) is 0 Å². The summed E-state index contributed by atoms with van der Waals surface area (Å²) in [5, 5.41) is 16.0. The Morgan fingerprint density at radius 3 is 2.92 bits per heavy atom. The Hall–Kier alpha value is -1.86. The SMILES string of the molecule is CC(C)c1nn(C)c(N2CCOCC2)c1CN[C@@H]1CCc2[nH]ncc2C1. The molecule has 1 atom stereocenters. The highest BCUT2D eigenvalue weighted by Gasteiger charge is 2.26. The summed E-state index contributed by atoms with van der Waals surface area (Å²) in [7, 11) is 2.07. The Labute approximate surface area is 155 Å². The van der Waals surface area contributed by atoms with E-state index in [1.165, 1.54) is 28.3 Å². The molecule has 7 nitrogen and oxygen atoms in total. The van der Waals surface area contributed by atoms with Gasteiger partial charge in [0, 0.05) is 44.0 Å². The summed E-state index contributed by atoms with van der Waals surface area (Å²) in [5.41, 5.74) is 5.22. The molecule has 2 N–H and O–H groups in total. The van der Waals surface area contributed by atoms with Crippen LogP contribution in [-0.4, -0.2) is 52.3 Å². The molecule has 2 aromatic heterocycles. The van der Waals surface area contributed by atoms with Crippen LogP contribution in [0.5, 0.6) is 0 Å². The van der Waals surface area contributed by atoms with Gasteiger partial charge in [0.15, 0.2) is 0 Å². The lowest BCUT2D eigenvalue weighted by Gasteiger charge is -2.30. The van der Waals surface area contributed by atoms with Gasteiger partial charge in [-0.1, -0.05) is 13.8 Å². The third-order valence-electron chi connectivity index (χ3n) is 5.58. The lowest BCUT2D eigenvalue weighted by molar-refractivity contribution is 0.122. The number of hydrogen-bond donors (Lipinski definition) is 2. The third kappa shape index (κ3) is 3.38. The van der Waals surface area contributed by atoms with Gasteiger partial charge in [-0.3, -0.25) is 9.78 Å². The lowest BCUT2D eigenvalue weighted by Crippen LogP contribution is -2.39. The third-order valence-corrected chi connectivity index (χ3v) is 5.58. The molecule has 0 amide bonds. The van der Waals surface area contributed by atoms with Crippen LogP contribution >= 0.6 is 0 Å². The minimum Gasteiger partial charge on any atom is -0.378 e. The number of nitrogens with one attached hydrogen (secondary N) is 2. The molecule has 1 saturated heterocycles. The van der Waals surface area contributed by atoms with Crippen LogP contribution in [0.1, 0.15) is 48.7 Å². The average Bonchev–Trinajstić information content (AvgIpc) is 3.24. The number of anilines is 1. The van der Waals surface area contributed by atoms with E-state index in [-0.39, 0.29) is 0 Å². The van der Waals surface area contributed by atoms with Crippen molar-refractivity contribution in [1.29, 1.82) is 0 Å². The van der Waals surface area contributed by atoms with Gasteiger partial charge < -0.3 is 15.0 Å². The highest BCUT2D eigenvalue weighted by molar-refractivity contribution is 5.51. The Balaban J connectivity index is 1.53. The zero-order valence-corrected chi connectivity index (χ0v) is 16.1. The lowest BCUT2D eigenvalue weighted by atomic mass is 9.93. The fraction of sp³-hybridized carbons (Fsp3) is 0.684. The van der Waals surface area contributed by atoms with Crippen molar-refractivity contribution in [3.05, 3.63) is 28.7 Å². The van der Waals surface area contributed by atoms with Crippen LogP contribution in [0.2, 0.25) is 0 Å². The molecule has 1 aliphatic heterocycles. The smallest absolute Gasteiger partial charge is 0.131 e. The van der Waals surface area contributed by atoms with Crippen molar-refractivity contribution in [3.63, 3.8) is 0 Å². The summed E-state index contributed by atoms with van der Waals surface area (Å²) in [4.78, 5) is 2.43. The maximum atomic E-state index is 5.54. The van der Waals surface area contributed by atoms with E-state index in [9.17, 15) is 0 Å². The predicted molar refractivity (Wildman–Crippen MR) is 102 cm³/mol. The number of aromatic nitrogens is 4.